The number of carbonyl (C=O) groups excluding carboxylic acids is 1. The van der Waals surface area contributed by atoms with E-state index in [-0.39, 0.29) is 12.1 Å². The molecule has 0 saturated carbocycles. The van der Waals surface area contributed by atoms with Crippen molar-refractivity contribution in [1.29, 1.82) is 0 Å². The van der Waals surface area contributed by atoms with Crippen molar-refractivity contribution in [3.05, 3.63) is 0 Å². The molecule has 0 aliphatic carbocycles. The third-order valence-electron chi connectivity index (χ3n) is 3.29. The average molecular weight is 286 g/mol. The minimum atomic E-state index is -0.449. The van der Waals surface area contributed by atoms with Gasteiger partial charge in [-0.2, -0.15) is 0 Å². The van der Waals surface area contributed by atoms with Crippen LogP contribution >= 0.6 is 0 Å². The number of alkyl carbamates (subject to hydrolysis) is 1. The second-order valence-electron chi connectivity index (χ2n) is 6.49. The first-order valence-corrected chi connectivity index (χ1v) is 7.68. The molecular formula is C15H30N2O3. The van der Waals surface area contributed by atoms with Gasteiger partial charge in [0.05, 0.1) is 6.61 Å². The smallest absolute Gasteiger partial charge is 0.407 e. The normalized spacial score (nSPS) is 21.3. The number of hydrogen-bond donors (Lipinski definition) is 2. The first-order chi connectivity index (χ1) is 9.40. The summed E-state index contributed by atoms with van der Waals surface area (Å²) in [6.45, 7) is 11.1. The summed E-state index contributed by atoms with van der Waals surface area (Å²) in [6, 6.07) is 0.106. The molecule has 2 unspecified atom stereocenters. The molecule has 118 valence electrons. The van der Waals surface area contributed by atoms with Gasteiger partial charge in [-0.1, -0.05) is 6.92 Å². The van der Waals surface area contributed by atoms with Gasteiger partial charge in [0.15, 0.2) is 0 Å². The molecule has 1 heterocycles. The second-order valence-corrected chi connectivity index (χ2v) is 6.49. The zero-order valence-corrected chi connectivity index (χ0v) is 13.3. The Kier molecular flexibility index (Phi) is 7.30. The van der Waals surface area contributed by atoms with E-state index in [1.807, 2.05) is 20.8 Å². The second kappa shape index (κ2) is 8.47. The molecule has 1 aliphatic rings. The molecule has 0 radical (unpaired) electrons. The fourth-order valence-electron chi connectivity index (χ4n) is 2.20. The van der Waals surface area contributed by atoms with Gasteiger partial charge in [0.25, 0.3) is 0 Å². The van der Waals surface area contributed by atoms with Crippen molar-refractivity contribution >= 4 is 6.09 Å². The van der Waals surface area contributed by atoms with Crippen LogP contribution in [-0.2, 0) is 9.47 Å². The molecule has 0 aromatic rings. The van der Waals surface area contributed by atoms with Gasteiger partial charge < -0.3 is 20.1 Å². The summed E-state index contributed by atoms with van der Waals surface area (Å²) in [7, 11) is 0. The lowest BCUT2D eigenvalue weighted by Gasteiger charge is -2.25. The number of hydrogen-bond acceptors (Lipinski definition) is 4. The lowest BCUT2D eigenvalue weighted by molar-refractivity contribution is 0.0489. The predicted molar refractivity (Wildman–Crippen MR) is 79.9 cm³/mol. The standard InChI is InChI=1S/C15H30N2O3/c1-5-13(17-14(18)20-15(2,3)4)10-16-9-12-7-6-8-19-11-12/h12-13,16H,5-11H2,1-4H3,(H,17,18). The number of carbonyl (C=O) groups is 1. The first-order valence-electron chi connectivity index (χ1n) is 7.68. The zero-order chi connectivity index (χ0) is 15.0. The molecule has 1 rings (SSSR count). The third kappa shape index (κ3) is 7.70. The largest absolute Gasteiger partial charge is 0.444 e. The molecule has 20 heavy (non-hydrogen) atoms. The van der Waals surface area contributed by atoms with Crippen molar-refractivity contribution in [2.45, 2.75) is 58.6 Å². The molecule has 5 heteroatoms. The molecule has 1 saturated heterocycles. The van der Waals surface area contributed by atoms with Gasteiger partial charge in [-0.25, -0.2) is 4.79 Å². The third-order valence-corrected chi connectivity index (χ3v) is 3.29. The minimum Gasteiger partial charge on any atom is -0.444 e. The highest BCUT2D eigenvalue weighted by molar-refractivity contribution is 5.68. The van der Waals surface area contributed by atoms with E-state index in [1.54, 1.807) is 0 Å². The van der Waals surface area contributed by atoms with E-state index in [1.165, 1.54) is 6.42 Å². The van der Waals surface area contributed by atoms with Gasteiger partial charge in [-0.3, -0.25) is 0 Å². The van der Waals surface area contributed by atoms with Crippen LogP contribution in [-0.4, -0.2) is 44.0 Å². The van der Waals surface area contributed by atoms with E-state index in [2.05, 4.69) is 17.6 Å². The Labute approximate surface area is 122 Å². The topological polar surface area (TPSA) is 59.6 Å². The van der Waals surface area contributed by atoms with Crippen LogP contribution in [0.15, 0.2) is 0 Å². The number of nitrogens with one attached hydrogen (secondary N) is 2. The fourth-order valence-corrected chi connectivity index (χ4v) is 2.20. The number of ether oxygens (including phenoxy) is 2. The van der Waals surface area contributed by atoms with Crippen molar-refractivity contribution in [2.75, 3.05) is 26.3 Å². The van der Waals surface area contributed by atoms with E-state index < -0.39 is 5.60 Å². The summed E-state index contributed by atoms with van der Waals surface area (Å²) in [4.78, 5) is 11.7. The Hall–Kier alpha value is -0.810. The quantitative estimate of drug-likeness (QED) is 0.786. The SMILES string of the molecule is CCC(CNCC1CCCOC1)NC(=O)OC(C)(C)C. The van der Waals surface area contributed by atoms with Crippen LogP contribution in [0.4, 0.5) is 4.79 Å². The molecule has 1 fully saturated rings. The van der Waals surface area contributed by atoms with Gasteiger partial charge >= 0.3 is 6.09 Å². The van der Waals surface area contributed by atoms with Crippen molar-refractivity contribution in [3.8, 4) is 0 Å². The van der Waals surface area contributed by atoms with Gasteiger partial charge in [0.1, 0.15) is 5.60 Å². The van der Waals surface area contributed by atoms with Crippen molar-refractivity contribution in [1.82, 2.24) is 10.6 Å². The van der Waals surface area contributed by atoms with Crippen LogP contribution in [0, 0.1) is 5.92 Å². The van der Waals surface area contributed by atoms with E-state index >= 15 is 0 Å². The molecule has 1 aliphatic heterocycles. The molecule has 0 bridgehead atoms. The Morgan fingerprint density at radius 1 is 1.45 bits per heavy atom. The highest BCUT2D eigenvalue weighted by Gasteiger charge is 2.19. The molecule has 2 atom stereocenters. The van der Waals surface area contributed by atoms with Gasteiger partial charge in [-0.15, -0.1) is 0 Å². The molecule has 5 nitrogen and oxygen atoms in total. The maximum Gasteiger partial charge on any atom is 0.407 e. The highest BCUT2D eigenvalue weighted by Crippen LogP contribution is 2.12. The van der Waals surface area contributed by atoms with E-state index in [0.29, 0.717) is 5.92 Å². The van der Waals surface area contributed by atoms with Crippen LogP contribution in [0.5, 0.6) is 0 Å². The molecule has 0 spiro atoms. The summed E-state index contributed by atoms with van der Waals surface area (Å²) < 4.78 is 10.7. The molecular weight excluding hydrogens is 256 g/mol. The Morgan fingerprint density at radius 2 is 2.20 bits per heavy atom. The molecule has 0 aromatic carbocycles. The highest BCUT2D eigenvalue weighted by atomic mass is 16.6. The number of amides is 1. The lowest BCUT2D eigenvalue weighted by atomic mass is 10.0. The lowest BCUT2D eigenvalue weighted by Crippen LogP contribution is -2.45. The van der Waals surface area contributed by atoms with Gasteiger partial charge in [0.2, 0.25) is 0 Å². The van der Waals surface area contributed by atoms with E-state index in [4.69, 9.17) is 9.47 Å². The zero-order valence-electron chi connectivity index (χ0n) is 13.3. The van der Waals surface area contributed by atoms with Crippen LogP contribution in [0.1, 0.15) is 47.0 Å². The Bertz CT molecular complexity index is 283. The first kappa shape index (κ1) is 17.2. The van der Waals surface area contributed by atoms with Gasteiger partial charge in [0, 0.05) is 25.7 Å². The monoisotopic (exact) mass is 286 g/mol. The van der Waals surface area contributed by atoms with Crippen LogP contribution in [0.2, 0.25) is 0 Å². The predicted octanol–water partition coefficient (Wildman–Crippen LogP) is 2.31. The van der Waals surface area contributed by atoms with Crippen molar-refractivity contribution in [2.24, 2.45) is 5.92 Å². The van der Waals surface area contributed by atoms with Crippen LogP contribution < -0.4 is 10.6 Å². The Morgan fingerprint density at radius 3 is 2.75 bits per heavy atom. The molecule has 0 aromatic heterocycles. The van der Waals surface area contributed by atoms with Crippen molar-refractivity contribution < 1.29 is 14.3 Å². The maximum atomic E-state index is 11.7. The summed E-state index contributed by atoms with van der Waals surface area (Å²) >= 11 is 0. The van der Waals surface area contributed by atoms with Crippen LogP contribution in [0.3, 0.4) is 0 Å². The maximum absolute atomic E-state index is 11.7. The van der Waals surface area contributed by atoms with E-state index in [9.17, 15) is 4.79 Å². The summed E-state index contributed by atoms with van der Waals surface area (Å²) in [5.41, 5.74) is -0.449. The summed E-state index contributed by atoms with van der Waals surface area (Å²) in [6.07, 6.45) is 2.92. The summed E-state index contributed by atoms with van der Waals surface area (Å²) in [5.74, 6) is 0.600. The Balaban J connectivity index is 2.19. The van der Waals surface area contributed by atoms with E-state index in [0.717, 1.165) is 39.1 Å². The average Bonchev–Trinajstić information content (AvgIpc) is 2.36. The molecule has 1 amide bonds. The summed E-state index contributed by atoms with van der Waals surface area (Å²) in [5, 5.41) is 6.33. The number of rotatable bonds is 6. The fraction of sp³-hybridized carbons (Fsp3) is 0.933. The van der Waals surface area contributed by atoms with Gasteiger partial charge in [-0.05, 0) is 46.0 Å². The minimum absolute atomic E-state index is 0.106. The van der Waals surface area contributed by atoms with Crippen molar-refractivity contribution in [3.63, 3.8) is 0 Å². The van der Waals surface area contributed by atoms with Crippen LogP contribution in [0.25, 0.3) is 0 Å². The molecule has 2 N–H and O–H groups in total.